The Labute approximate surface area is 131 Å². The number of rotatable bonds is 7. The van der Waals surface area contributed by atoms with Crippen LogP contribution in [0.25, 0.3) is 0 Å². The molecule has 9 heteroatoms. The fraction of sp³-hybridized carbons (Fsp3) is 0.333. The van der Waals surface area contributed by atoms with Gasteiger partial charge in [0.15, 0.2) is 4.34 Å². The molecule has 1 aromatic heterocycles. The lowest BCUT2D eigenvalue weighted by atomic mass is 10.2. The van der Waals surface area contributed by atoms with Gasteiger partial charge in [-0.15, -0.1) is 10.2 Å². The quantitative estimate of drug-likeness (QED) is 0.779. The molecule has 21 heavy (non-hydrogen) atoms. The van der Waals surface area contributed by atoms with E-state index < -0.39 is 15.8 Å². The highest BCUT2D eigenvalue weighted by atomic mass is 32.2. The summed E-state index contributed by atoms with van der Waals surface area (Å²) < 4.78 is 39.9. The largest absolute Gasteiger partial charge is 0.257 e. The van der Waals surface area contributed by atoms with E-state index in [0.29, 0.717) is 5.56 Å². The molecule has 114 valence electrons. The van der Waals surface area contributed by atoms with E-state index in [1.807, 2.05) is 0 Å². The maximum absolute atomic E-state index is 12.8. The molecule has 0 atom stereocenters. The molecular formula is C12H14FN3O2S3. The van der Waals surface area contributed by atoms with Gasteiger partial charge in [0.1, 0.15) is 5.82 Å². The molecule has 1 heterocycles. The average Bonchev–Trinajstić information content (AvgIpc) is 2.85. The number of nitrogens with zero attached hydrogens (tertiary/aromatic N) is 2. The molecule has 2 rings (SSSR count). The molecule has 0 amide bonds. The highest BCUT2D eigenvalue weighted by molar-refractivity contribution is 8.01. The molecule has 1 aromatic carbocycles. The number of halogens is 1. The maximum Gasteiger partial charge on any atom is 0.238 e. The standard InChI is InChI=1S/C12H14FN3O2S3/c1-2-7-19-12-15-14-11(20-12)16-21(17,18)8-9-3-5-10(13)6-4-9/h3-6H,2,7-8H2,1H3,(H,14,16). The SMILES string of the molecule is CCCSc1nnc(NS(=O)(=O)Cc2ccc(F)cc2)s1. The summed E-state index contributed by atoms with van der Waals surface area (Å²) in [7, 11) is -3.58. The zero-order valence-corrected chi connectivity index (χ0v) is 13.7. The third kappa shape index (κ3) is 5.25. The Morgan fingerprint density at radius 1 is 1.29 bits per heavy atom. The van der Waals surface area contributed by atoms with Crippen LogP contribution in [0.5, 0.6) is 0 Å². The molecule has 0 fully saturated rings. The number of anilines is 1. The van der Waals surface area contributed by atoms with Crippen molar-refractivity contribution in [1.82, 2.24) is 10.2 Å². The summed E-state index contributed by atoms with van der Waals surface area (Å²) >= 11 is 2.74. The molecule has 0 saturated heterocycles. The fourth-order valence-corrected chi connectivity index (χ4v) is 4.55. The van der Waals surface area contributed by atoms with Gasteiger partial charge < -0.3 is 0 Å². The van der Waals surface area contributed by atoms with E-state index >= 15 is 0 Å². The maximum atomic E-state index is 12.8. The Hall–Kier alpha value is -1.19. The van der Waals surface area contributed by atoms with Crippen LogP contribution in [0.1, 0.15) is 18.9 Å². The summed E-state index contributed by atoms with van der Waals surface area (Å²) in [6, 6.07) is 5.35. The molecule has 0 aliphatic heterocycles. The molecule has 5 nitrogen and oxygen atoms in total. The van der Waals surface area contributed by atoms with Gasteiger partial charge in [-0.1, -0.05) is 42.2 Å². The Morgan fingerprint density at radius 3 is 2.67 bits per heavy atom. The minimum absolute atomic E-state index is 0.232. The summed E-state index contributed by atoms with van der Waals surface area (Å²) in [4.78, 5) is 0. The third-order valence-electron chi connectivity index (χ3n) is 2.35. The number of hydrogen-bond donors (Lipinski definition) is 1. The predicted octanol–water partition coefficient (Wildman–Crippen LogP) is 3.12. The van der Waals surface area contributed by atoms with Crippen LogP contribution in [0.15, 0.2) is 28.6 Å². The Balaban J connectivity index is 2.00. The third-order valence-corrected chi connectivity index (χ3v) is 5.87. The Bertz CT molecular complexity index is 686. The van der Waals surface area contributed by atoms with Gasteiger partial charge in [0.05, 0.1) is 5.75 Å². The number of thioether (sulfide) groups is 1. The molecule has 0 radical (unpaired) electrons. The van der Waals surface area contributed by atoms with Crippen molar-refractivity contribution in [3.8, 4) is 0 Å². The predicted molar refractivity (Wildman–Crippen MR) is 83.6 cm³/mol. The van der Waals surface area contributed by atoms with Crippen LogP contribution in [-0.4, -0.2) is 24.4 Å². The van der Waals surface area contributed by atoms with Gasteiger partial charge in [-0.05, 0) is 24.1 Å². The first kappa shape index (κ1) is 16.2. The number of aromatic nitrogens is 2. The minimum atomic E-state index is -3.58. The molecule has 0 aliphatic carbocycles. The Morgan fingerprint density at radius 2 is 2.00 bits per heavy atom. The second kappa shape index (κ2) is 7.19. The lowest BCUT2D eigenvalue weighted by Gasteiger charge is -2.04. The molecule has 0 aliphatic rings. The van der Waals surface area contributed by atoms with Crippen molar-refractivity contribution < 1.29 is 12.8 Å². The lowest BCUT2D eigenvalue weighted by molar-refractivity contribution is 0.599. The van der Waals surface area contributed by atoms with Crippen molar-refractivity contribution in [2.45, 2.75) is 23.4 Å². The highest BCUT2D eigenvalue weighted by Gasteiger charge is 2.15. The van der Waals surface area contributed by atoms with Gasteiger partial charge in [0.2, 0.25) is 15.2 Å². The number of nitrogens with one attached hydrogen (secondary N) is 1. The molecule has 1 N–H and O–H groups in total. The zero-order chi connectivity index (χ0) is 15.3. The molecular weight excluding hydrogens is 333 g/mol. The van der Waals surface area contributed by atoms with Crippen molar-refractivity contribution in [3.05, 3.63) is 35.6 Å². The Kier molecular flexibility index (Phi) is 5.54. The first-order chi connectivity index (χ1) is 9.98. The topological polar surface area (TPSA) is 72.0 Å². The fourth-order valence-electron chi connectivity index (χ4n) is 1.47. The van der Waals surface area contributed by atoms with Crippen LogP contribution in [0.2, 0.25) is 0 Å². The summed E-state index contributed by atoms with van der Waals surface area (Å²) in [6.07, 6.45) is 1.01. The number of hydrogen-bond acceptors (Lipinski definition) is 6. The van der Waals surface area contributed by atoms with Crippen molar-refractivity contribution in [2.24, 2.45) is 0 Å². The second-order valence-corrected chi connectivity index (χ2v) is 8.25. The van der Waals surface area contributed by atoms with Gasteiger partial charge in [-0.25, -0.2) is 12.8 Å². The van der Waals surface area contributed by atoms with Crippen LogP contribution >= 0.6 is 23.1 Å². The van der Waals surface area contributed by atoms with Crippen LogP contribution in [0, 0.1) is 5.82 Å². The van der Waals surface area contributed by atoms with Crippen molar-refractivity contribution >= 4 is 38.3 Å². The first-order valence-electron chi connectivity index (χ1n) is 6.20. The van der Waals surface area contributed by atoms with E-state index in [0.717, 1.165) is 16.5 Å². The molecule has 0 saturated carbocycles. The molecule has 0 bridgehead atoms. The summed E-state index contributed by atoms with van der Waals surface area (Å²) in [5.74, 6) is 0.284. The normalized spacial score (nSPS) is 11.5. The monoisotopic (exact) mass is 347 g/mol. The second-order valence-electron chi connectivity index (χ2n) is 4.21. The molecule has 2 aromatic rings. The van der Waals surface area contributed by atoms with E-state index in [4.69, 9.17) is 0 Å². The summed E-state index contributed by atoms with van der Waals surface area (Å²) in [5.41, 5.74) is 0.508. The van der Waals surface area contributed by atoms with Gasteiger partial charge in [0.25, 0.3) is 0 Å². The molecule has 0 unspecified atom stereocenters. The van der Waals surface area contributed by atoms with E-state index in [1.165, 1.54) is 35.6 Å². The first-order valence-corrected chi connectivity index (χ1v) is 9.65. The van der Waals surface area contributed by atoms with Gasteiger partial charge in [-0.2, -0.15) is 0 Å². The van der Waals surface area contributed by atoms with E-state index in [-0.39, 0.29) is 10.9 Å². The van der Waals surface area contributed by atoms with Gasteiger partial charge in [0, 0.05) is 5.75 Å². The number of sulfonamides is 1. The van der Waals surface area contributed by atoms with Gasteiger partial charge in [-0.3, -0.25) is 4.72 Å². The minimum Gasteiger partial charge on any atom is -0.257 e. The lowest BCUT2D eigenvalue weighted by Crippen LogP contribution is -2.14. The smallest absolute Gasteiger partial charge is 0.238 e. The van der Waals surface area contributed by atoms with Crippen LogP contribution in [0.4, 0.5) is 9.52 Å². The van der Waals surface area contributed by atoms with E-state index in [1.54, 1.807) is 11.8 Å². The summed E-state index contributed by atoms with van der Waals surface area (Å²) in [5, 5.41) is 7.96. The van der Waals surface area contributed by atoms with E-state index in [9.17, 15) is 12.8 Å². The summed E-state index contributed by atoms with van der Waals surface area (Å²) in [6.45, 7) is 2.06. The van der Waals surface area contributed by atoms with Crippen LogP contribution in [-0.2, 0) is 15.8 Å². The molecule has 0 spiro atoms. The van der Waals surface area contributed by atoms with Crippen LogP contribution < -0.4 is 4.72 Å². The average molecular weight is 347 g/mol. The van der Waals surface area contributed by atoms with Crippen LogP contribution in [0.3, 0.4) is 0 Å². The van der Waals surface area contributed by atoms with Gasteiger partial charge >= 0.3 is 0 Å². The zero-order valence-electron chi connectivity index (χ0n) is 11.2. The van der Waals surface area contributed by atoms with Crippen molar-refractivity contribution in [1.29, 1.82) is 0 Å². The van der Waals surface area contributed by atoms with Crippen molar-refractivity contribution in [3.63, 3.8) is 0 Å². The van der Waals surface area contributed by atoms with Crippen molar-refractivity contribution in [2.75, 3.05) is 10.5 Å². The van der Waals surface area contributed by atoms with E-state index in [2.05, 4.69) is 21.8 Å². The highest BCUT2D eigenvalue weighted by Crippen LogP contribution is 2.26. The number of benzene rings is 1.